The maximum Gasteiger partial charge on any atom is 0.351 e. The minimum absolute atomic E-state index is 0.0333. The number of ether oxygens (including phenoxy) is 2. The highest BCUT2D eigenvalue weighted by atomic mass is 16.5. The van der Waals surface area contributed by atoms with Crippen molar-refractivity contribution >= 4 is 27.3 Å². The third-order valence-electron chi connectivity index (χ3n) is 6.36. The van der Waals surface area contributed by atoms with E-state index in [1.807, 2.05) is 91.0 Å². The van der Waals surface area contributed by atoms with Crippen molar-refractivity contribution in [2.45, 2.75) is 12.6 Å². The van der Waals surface area contributed by atoms with Gasteiger partial charge in [-0.3, -0.25) is 4.57 Å². The Kier molecular flexibility index (Phi) is 5.78. The van der Waals surface area contributed by atoms with E-state index in [4.69, 9.17) is 9.47 Å². The fourth-order valence-corrected chi connectivity index (χ4v) is 4.49. The predicted octanol–water partition coefficient (Wildman–Crippen LogP) is 4.31. The van der Waals surface area contributed by atoms with Gasteiger partial charge < -0.3 is 14.6 Å². The molecule has 1 atom stereocenters. The lowest BCUT2D eigenvalue weighted by atomic mass is 10.1. The fourth-order valence-electron chi connectivity index (χ4n) is 4.49. The van der Waals surface area contributed by atoms with Gasteiger partial charge in [-0.05, 0) is 59.3 Å². The maximum absolute atomic E-state index is 13.5. The molecule has 0 fully saturated rings. The van der Waals surface area contributed by atoms with Crippen LogP contribution < -0.4 is 15.2 Å². The molecule has 4 aromatic carbocycles. The van der Waals surface area contributed by atoms with Crippen molar-refractivity contribution in [3.8, 4) is 22.9 Å². The van der Waals surface area contributed by atoms with Crippen LogP contribution in [-0.2, 0) is 6.54 Å². The number of para-hydroxylation sites is 1. The number of hydrogen-bond donors (Lipinski definition) is 1. The number of rotatable bonds is 7. The number of aliphatic hydroxyl groups excluding tert-OH is 1. The Balaban J connectivity index is 1.31. The van der Waals surface area contributed by atoms with Crippen molar-refractivity contribution in [2.75, 3.05) is 13.7 Å². The molecule has 0 aliphatic carbocycles. The van der Waals surface area contributed by atoms with E-state index in [-0.39, 0.29) is 18.8 Å². The largest absolute Gasteiger partial charge is 0.497 e. The lowest BCUT2D eigenvalue weighted by Crippen LogP contribution is -2.34. The summed E-state index contributed by atoms with van der Waals surface area (Å²) in [4.78, 5) is 18.2. The molecule has 6 rings (SSSR count). The van der Waals surface area contributed by atoms with Gasteiger partial charge in [0.1, 0.15) is 24.2 Å². The molecule has 8 nitrogen and oxygen atoms in total. The van der Waals surface area contributed by atoms with Crippen LogP contribution in [0.3, 0.4) is 0 Å². The van der Waals surface area contributed by atoms with Gasteiger partial charge in [-0.1, -0.05) is 42.5 Å². The molecule has 184 valence electrons. The first kappa shape index (κ1) is 22.8. The van der Waals surface area contributed by atoms with E-state index in [1.165, 1.54) is 9.08 Å². The summed E-state index contributed by atoms with van der Waals surface area (Å²) in [5.41, 5.74) is 1.51. The van der Waals surface area contributed by atoms with E-state index in [9.17, 15) is 9.90 Å². The zero-order valence-corrected chi connectivity index (χ0v) is 20.1. The third kappa shape index (κ3) is 4.28. The molecule has 1 N–H and O–H groups in total. The molecule has 6 aromatic rings. The van der Waals surface area contributed by atoms with E-state index in [1.54, 1.807) is 7.11 Å². The summed E-state index contributed by atoms with van der Waals surface area (Å²) in [5, 5.41) is 18.3. The Labute approximate surface area is 212 Å². The van der Waals surface area contributed by atoms with Crippen LogP contribution in [0.5, 0.6) is 11.5 Å². The zero-order chi connectivity index (χ0) is 25.4. The molecule has 0 spiro atoms. The van der Waals surface area contributed by atoms with Gasteiger partial charge in [0.15, 0.2) is 11.5 Å². The molecule has 37 heavy (non-hydrogen) atoms. The molecule has 0 radical (unpaired) electrons. The van der Waals surface area contributed by atoms with E-state index in [2.05, 4.69) is 10.1 Å². The number of fused-ring (bicyclic) bond motifs is 4. The third-order valence-corrected chi connectivity index (χ3v) is 6.36. The molecule has 2 aromatic heterocycles. The molecule has 0 amide bonds. The number of hydrogen-bond acceptors (Lipinski definition) is 6. The van der Waals surface area contributed by atoms with E-state index < -0.39 is 6.10 Å². The summed E-state index contributed by atoms with van der Waals surface area (Å²) in [6, 6.07) is 28.6. The normalized spacial score (nSPS) is 12.3. The first-order valence-corrected chi connectivity index (χ1v) is 11.9. The van der Waals surface area contributed by atoms with Crippen LogP contribution in [0.25, 0.3) is 38.7 Å². The molecule has 8 heteroatoms. The first-order valence-electron chi connectivity index (χ1n) is 11.9. The highest BCUT2D eigenvalue weighted by Crippen LogP contribution is 2.24. The minimum atomic E-state index is -0.922. The highest BCUT2D eigenvalue weighted by Gasteiger charge is 2.18. The van der Waals surface area contributed by atoms with Crippen molar-refractivity contribution in [1.29, 1.82) is 0 Å². The molecular formula is C29H24N4O4. The van der Waals surface area contributed by atoms with E-state index >= 15 is 0 Å². The van der Waals surface area contributed by atoms with Gasteiger partial charge in [-0.2, -0.15) is 4.52 Å². The lowest BCUT2D eigenvalue weighted by molar-refractivity contribution is 0.0923. The van der Waals surface area contributed by atoms with Crippen LogP contribution in [0.15, 0.2) is 95.8 Å². The molecule has 0 bridgehead atoms. The molecule has 0 aliphatic heterocycles. The smallest absolute Gasteiger partial charge is 0.351 e. The van der Waals surface area contributed by atoms with Gasteiger partial charge in [0.05, 0.1) is 19.2 Å². The Hall–Kier alpha value is -4.69. The lowest BCUT2D eigenvalue weighted by Gasteiger charge is -2.16. The van der Waals surface area contributed by atoms with Crippen LogP contribution in [0, 0.1) is 0 Å². The van der Waals surface area contributed by atoms with Crippen molar-refractivity contribution in [3.63, 3.8) is 0 Å². The fraction of sp³-hybridized carbons (Fsp3) is 0.138. The van der Waals surface area contributed by atoms with Gasteiger partial charge in [0.2, 0.25) is 0 Å². The summed E-state index contributed by atoms with van der Waals surface area (Å²) >= 11 is 0. The van der Waals surface area contributed by atoms with Crippen molar-refractivity contribution in [3.05, 3.63) is 101 Å². The SMILES string of the molecule is COc1ccc(-c2nc3c4ccccc4n(C[C@@H](O)COc4ccc5ccccc5c4)c(=O)n3n2)cc1. The number of aromatic nitrogens is 4. The summed E-state index contributed by atoms with van der Waals surface area (Å²) in [6.45, 7) is 0.0756. The van der Waals surface area contributed by atoms with Gasteiger partial charge in [-0.15, -0.1) is 5.10 Å². The number of aliphatic hydroxyl groups is 1. The number of nitrogens with zero attached hydrogens (tertiary/aromatic N) is 4. The average molecular weight is 493 g/mol. The van der Waals surface area contributed by atoms with E-state index in [0.29, 0.717) is 22.7 Å². The molecule has 0 saturated heterocycles. The average Bonchev–Trinajstić information content (AvgIpc) is 3.40. The minimum Gasteiger partial charge on any atom is -0.497 e. The molecule has 0 aliphatic rings. The van der Waals surface area contributed by atoms with Gasteiger partial charge >= 0.3 is 5.69 Å². The first-order chi connectivity index (χ1) is 18.1. The van der Waals surface area contributed by atoms with Crippen LogP contribution in [0.1, 0.15) is 0 Å². The van der Waals surface area contributed by atoms with Crippen LogP contribution in [0.2, 0.25) is 0 Å². The topological polar surface area (TPSA) is 90.9 Å². The van der Waals surface area contributed by atoms with Crippen molar-refractivity contribution in [2.24, 2.45) is 0 Å². The van der Waals surface area contributed by atoms with Crippen molar-refractivity contribution in [1.82, 2.24) is 19.2 Å². The Morgan fingerprint density at radius 2 is 1.62 bits per heavy atom. The molecular weight excluding hydrogens is 468 g/mol. The summed E-state index contributed by atoms with van der Waals surface area (Å²) in [7, 11) is 1.61. The van der Waals surface area contributed by atoms with Gasteiger partial charge in [0.25, 0.3) is 0 Å². The second kappa shape index (κ2) is 9.40. The highest BCUT2D eigenvalue weighted by molar-refractivity contribution is 5.92. The standard InChI is InChI=1S/C29H24N4O4/c1-36-23-13-11-20(12-14-23)27-30-28-25-8-4-5-9-26(25)32(29(35)33(28)31-27)17-22(34)18-37-24-15-10-19-6-2-3-7-21(19)16-24/h2-16,22,34H,17-18H2,1H3/t22-/m1/s1. The van der Waals surface area contributed by atoms with Crippen LogP contribution in [0.4, 0.5) is 0 Å². The Morgan fingerprint density at radius 3 is 2.43 bits per heavy atom. The second-order valence-corrected chi connectivity index (χ2v) is 8.78. The summed E-state index contributed by atoms with van der Waals surface area (Å²) in [5.74, 6) is 1.81. The van der Waals surface area contributed by atoms with Crippen molar-refractivity contribution < 1.29 is 14.6 Å². The number of benzene rings is 4. The number of methoxy groups -OCH3 is 1. The molecule has 0 saturated carbocycles. The molecule has 2 heterocycles. The zero-order valence-electron chi connectivity index (χ0n) is 20.1. The Morgan fingerprint density at radius 1 is 0.892 bits per heavy atom. The van der Waals surface area contributed by atoms with Crippen LogP contribution in [-0.4, -0.2) is 44.1 Å². The summed E-state index contributed by atoms with van der Waals surface area (Å²) in [6.07, 6.45) is -0.922. The predicted molar refractivity (Wildman–Crippen MR) is 142 cm³/mol. The van der Waals surface area contributed by atoms with Crippen LogP contribution >= 0.6 is 0 Å². The molecule has 0 unspecified atom stereocenters. The van der Waals surface area contributed by atoms with Gasteiger partial charge in [-0.25, -0.2) is 9.78 Å². The quantitative estimate of drug-likeness (QED) is 0.357. The second-order valence-electron chi connectivity index (χ2n) is 8.78. The summed E-state index contributed by atoms with van der Waals surface area (Å²) < 4.78 is 13.9. The monoisotopic (exact) mass is 492 g/mol. The Bertz CT molecular complexity index is 1790. The maximum atomic E-state index is 13.5. The van der Waals surface area contributed by atoms with Gasteiger partial charge in [0, 0.05) is 10.9 Å². The van der Waals surface area contributed by atoms with E-state index in [0.717, 1.165) is 27.5 Å².